The van der Waals surface area contributed by atoms with Crippen molar-refractivity contribution in [1.29, 1.82) is 0 Å². The van der Waals surface area contributed by atoms with E-state index in [2.05, 4.69) is 15.1 Å². The summed E-state index contributed by atoms with van der Waals surface area (Å²) in [5.41, 5.74) is 1.35. The van der Waals surface area contributed by atoms with Gasteiger partial charge in [0.25, 0.3) is 5.56 Å². The van der Waals surface area contributed by atoms with Crippen LogP contribution in [-0.2, 0) is 6.54 Å². The molecule has 1 aliphatic rings. The van der Waals surface area contributed by atoms with Crippen molar-refractivity contribution < 1.29 is 4.52 Å². The molecule has 0 saturated heterocycles. The Labute approximate surface area is 116 Å². The molecule has 1 aliphatic carbocycles. The summed E-state index contributed by atoms with van der Waals surface area (Å²) in [6, 6.07) is 0. The minimum atomic E-state index is -0.0573. The molecule has 0 aromatic carbocycles. The second-order valence-corrected chi connectivity index (χ2v) is 5.42. The first kappa shape index (κ1) is 13.0. The molecular formula is C14H18N4O2. The van der Waals surface area contributed by atoms with Crippen molar-refractivity contribution in [3.8, 4) is 0 Å². The minimum absolute atomic E-state index is 0.0573. The largest absolute Gasteiger partial charge is 0.337 e. The Morgan fingerprint density at radius 3 is 2.85 bits per heavy atom. The van der Waals surface area contributed by atoms with Crippen LogP contribution in [0.3, 0.4) is 0 Å². The Kier molecular flexibility index (Phi) is 3.38. The molecule has 20 heavy (non-hydrogen) atoms. The summed E-state index contributed by atoms with van der Waals surface area (Å²) in [5.74, 6) is 1.67. The fourth-order valence-corrected chi connectivity index (χ4v) is 2.62. The Morgan fingerprint density at radius 2 is 2.10 bits per heavy atom. The molecule has 106 valence electrons. The van der Waals surface area contributed by atoms with E-state index in [9.17, 15) is 4.79 Å². The molecule has 6 nitrogen and oxygen atoms in total. The molecule has 6 heteroatoms. The predicted molar refractivity (Wildman–Crippen MR) is 72.6 cm³/mol. The smallest absolute Gasteiger partial charge is 0.256 e. The van der Waals surface area contributed by atoms with E-state index in [-0.39, 0.29) is 12.1 Å². The molecule has 2 aromatic heterocycles. The van der Waals surface area contributed by atoms with E-state index in [0.717, 1.165) is 24.4 Å². The van der Waals surface area contributed by atoms with Gasteiger partial charge in [-0.15, -0.1) is 0 Å². The van der Waals surface area contributed by atoms with Crippen molar-refractivity contribution in [2.75, 3.05) is 0 Å². The maximum Gasteiger partial charge on any atom is 0.256 e. The zero-order valence-corrected chi connectivity index (χ0v) is 11.8. The lowest BCUT2D eigenvalue weighted by Crippen LogP contribution is -2.24. The van der Waals surface area contributed by atoms with Crippen LogP contribution in [0.1, 0.15) is 54.6 Å². The SMILES string of the molecule is Cc1ncn(Cc2nc(C3CCCC3)no2)c(=O)c1C. The van der Waals surface area contributed by atoms with E-state index in [0.29, 0.717) is 17.4 Å². The molecule has 0 atom stereocenters. The van der Waals surface area contributed by atoms with Crippen LogP contribution in [-0.4, -0.2) is 19.7 Å². The standard InChI is InChI=1S/C14H18N4O2/c1-9-10(2)15-8-18(14(9)19)7-12-16-13(17-20-12)11-5-3-4-6-11/h8,11H,3-7H2,1-2H3. The average molecular weight is 274 g/mol. The monoisotopic (exact) mass is 274 g/mol. The van der Waals surface area contributed by atoms with Crippen molar-refractivity contribution in [3.63, 3.8) is 0 Å². The van der Waals surface area contributed by atoms with Crippen LogP contribution in [0.2, 0.25) is 0 Å². The molecule has 0 bridgehead atoms. The van der Waals surface area contributed by atoms with Crippen LogP contribution in [0.25, 0.3) is 0 Å². The lowest BCUT2D eigenvalue weighted by molar-refractivity contribution is 0.361. The maximum atomic E-state index is 12.1. The summed E-state index contributed by atoms with van der Waals surface area (Å²) >= 11 is 0. The van der Waals surface area contributed by atoms with E-state index in [4.69, 9.17) is 4.52 Å². The van der Waals surface area contributed by atoms with Gasteiger partial charge in [-0.1, -0.05) is 18.0 Å². The summed E-state index contributed by atoms with van der Waals surface area (Å²) < 4.78 is 6.77. The molecular weight excluding hydrogens is 256 g/mol. The van der Waals surface area contributed by atoms with E-state index >= 15 is 0 Å². The number of aryl methyl sites for hydroxylation is 1. The molecule has 0 unspecified atom stereocenters. The van der Waals surface area contributed by atoms with Gasteiger partial charge in [0, 0.05) is 17.2 Å². The first-order valence-corrected chi connectivity index (χ1v) is 7.00. The number of hydrogen-bond acceptors (Lipinski definition) is 5. The summed E-state index contributed by atoms with van der Waals surface area (Å²) in [6.45, 7) is 3.89. The second-order valence-electron chi connectivity index (χ2n) is 5.42. The normalized spacial score (nSPS) is 15.9. The molecule has 1 fully saturated rings. The van der Waals surface area contributed by atoms with Gasteiger partial charge >= 0.3 is 0 Å². The number of rotatable bonds is 3. The Hall–Kier alpha value is -1.98. The van der Waals surface area contributed by atoms with Gasteiger partial charge in [0.1, 0.15) is 6.54 Å². The zero-order valence-electron chi connectivity index (χ0n) is 11.8. The van der Waals surface area contributed by atoms with Crippen molar-refractivity contribution in [2.45, 2.75) is 52.0 Å². The average Bonchev–Trinajstić information content (AvgIpc) is 3.10. The van der Waals surface area contributed by atoms with Gasteiger partial charge in [-0.2, -0.15) is 4.98 Å². The first-order valence-electron chi connectivity index (χ1n) is 7.00. The molecule has 0 N–H and O–H groups in total. The van der Waals surface area contributed by atoms with Crippen LogP contribution in [0.15, 0.2) is 15.6 Å². The lowest BCUT2D eigenvalue weighted by atomic mass is 10.1. The third-order valence-corrected chi connectivity index (χ3v) is 4.02. The highest BCUT2D eigenvalue weighted by molar-refractivity contribution is 5.12. The molecule has 3 rings (SSSR count). The number of nitrogens with zero attached hydrogens (tertiary/aromatic N) is 4. The Balaban J connectivity index is 1.81. The molecule has 0 amide bonds. The topological polar surface area (TPSA) is 73.8 Å². The Morgan fingerprint density at radius 1 is 1.35 bits per heavy atom. The third-order valence-electron chi connectivity index (χ3n) is 4.02. The van der Waals surface area contributed by atoms with Crippen LogP contribution >= 0.6 is 0 Å². The van der Waals surface area contributed by atoms with E-state index in [1.807, 2.05) is 6.92 Å². The molecule has 0 radical (unpaired) electrons. The van der Waals surface area contributed by atoms with Gasteiger partial charge in [-0.25, -0.2) is 4.98 Å². The van der Waals surface area contributed by atoms with Gasteiger partial charge in [0.15, 0.2) is 5.82 Å². The zero-order chi connectivity index (χ0) is 14.1. The van der Waals surface area contributed by atoms with Crippen LogP contribution < -0.4 is 5.56 Å². The van der Waals surface area contributed by atoms with Crippen molar-refractivity contribution in [1.82, 2.24) is 19.7 Å². The number of hydrogen-bond donors (Lipinski definition) is 0. The maximum absolute atomic E-state index is 12.1. The van der Waals surface area contributed by atoms with Gasteiger partial charge in [-0.3, -0.25) is 9.36 Å². The molecule has 2 aromatic rings. The summed E-state index contributed by atoms with van der Waals surface area (Å²) in [6.07, 6.45) is 6.25. The van der Waals surface area contributed by atoms with Crippen molar-refractivity contribution in [2.24, 2.45) is 0 Å². The Bertz CT molecular complexity index is 668. The number of aromatic nitrogens is 4. The van der Waals surface area contributed by atoms with Gasteiger partial charge < -0.3 is 4.52 Å². The van der Waals surface area contributed by atoms with Crippen molar-refractivity contribution in [3.05, 3.63) is 39.7 Å². The predicted octanol–water partition coefficient (Wildman–Crippen LogP) is 1.95. The second kappa shape index (κ2) is 5.19. The third kappa shape index (κ3) is 2.37. The highest BCUT2D eigenvalue weighted by atomic mass is 16.5. The molecule has 1 saturated carbocycles. The fourth-order valence-electron chi connectivity index (χ4n) is 2.62. The summed E-state index contributed by atoms with van der Waals surface area (Å²) in [5, 5.41) is 4.04. The highest BCUT2D eigenvalue weighted by Crippen LogP contribution is 2.32. The fraction of sp³-hybridized carbons (Fsp3) is 0.571. The van der Waals surface area contributed by atoms with Gasteiger partial charge in [0.05, 0.1) is 6.33 Å². The molecule has 2 heterocycles. The van der Waals surface area contributed by atoms with Gasteiger partial charge in [0.2, 0.25) is 5.89 Å². The molecule has 0 spiro atoms. The van der Waals surface area contributed by atoms with Gasteiger partial charge in [-0.05, 0) is 26.7 Å². The summed E-state index contributed by atoms with van der Waals surface area (Å²) in [4.78, 5) is 20.7. The van der Waals surface area contributed by atoms with Crippen LogP contribution in [0, 0.1) is 13.8 Å². The molecule has 0 aliphatic heterocycles. The van der Waals surface area contributed by atoms with Crippen LogP contribution in [0.4, 0.5) is 0 Å². The minimum Gasteiger partial charge on any atom is -0.337 e. The highest BCUT2D eigenvalue weighted by Gasteiger charge is 2.22. The van der Waals surface area contributed by atoms with Crippen molar-refractivity contribution >= 4 is 0 Å². The first-order chi connectivity index (χ1) is 9.65. The quantitative estimate of drug-likeness (QED) is 0.855. The lowest BCUT2D eigenvalue weighted by Gasteiger charge is -2.04. The van der Waals surface area contributed by atoms with Crippen LogP contribution in [0.5, 0.6) is 0 Å². The van der Waals surface area contributed by atoms with E-state index in [1.54, 1.807) is 6.92 Å². The van der Waals surface area contributed by atoms with E-state index < -0.39 is 0 Å². The summed E-state index contributed by atoms with van der Waals surface area (Å²) in [7, 11) is 0. The van der Waals surface area contributed by atoms with E-state index in [1.165, 1.54) is 23.7 Å².